The summed E-state index contributed by atoms with van der Waals surface area (Å²) in [7, 11) is 0. The monoisotopic (exact) mass is 452 g/mol. The summed E-state index contributed by atoms with van der Waals surface area (Å²) in [5.41, 5.74) is 6.07. The van der Waals surface area contributed by atoms with Crippen molar-refractivity contribution in [2.45, 2.75) is 20.0 Å². The molecule has 0 radical (unpaired) electrons. The van der Waals surface area contributed by atoms with Crippen LogP contribution in [0.15, 0.2) is 85.2 Å². The summed E-state index contributed by atoms with van der Waals surface area (Å²) in [6, 6.07) is 24.1. The Labute approximate surface area is 197 Å². The van der Waals surface area contributed by atoms with Crippen molar-refractivity contribution in [3.63, 3.8) is 0 Å². The van der Waals surface area contributed by atoms with E-state index in [1.54, 1.807) is 6.07 Å². The number of aromatic amines is 2. The highest BCUT2D eigenvalue weighted by molar-refractivity contribution is 7.80. The zero-order valence-electron chi connectivity index (χ0n) is 18.3. The Balaban J connectivity index is 1.46. The number of thiocarbonyl (C=S) groups is 1. The molecule has 0 spiro atoms. The first-order valence-electron chi connectivity index (χ1n) is 10.9. The van der Waals surface area contributed by atoms with Crippen LogP contribution in [0.4, 0.5) is 0 Å². The van der Waals surface area contributed by atoms with Crippen LogP contribution in [0.3, 0.4) is 0 Å². The predicted molar refractivity (Wildman–Crippen MR) is 137 cm³/mol. The molecule has 0 bridgehead atoms. The number of benzene rings is 3. The summed E-state index contributed by atoms with van der Waals surface area (Å²) in [6.45, 7) is 3.11. The largest absolute Gasteiger partial charge is 0.361 e. The normalized spacial score (nSPS) is 11.1. The average Bonchev–Trinajstić information content (AvgIpc) is 3.49. The molecule has 3 N–H and O–H groups in total. The number of hydrogen-bond acceptors (Lipinski definition) is 2. The van der Waals surface area contributed by atoms with Crippen molar-refractivity contribution in [3.05, 3.63) is 107 Å². The Morgan fingerprint density at radius 1 is 0.848 bits per heavy atom. The van der Waals surface area contributed by atoms with Gasteiger partial charge in [0.25, 0.3) is 5.91 Å². The first kappa shape index (κ1) is 21.0. The van der Waals surface area contributed by atoms with Gasteiger partial charge in [0.05, 0.1) is 0 Å². The number of amides is 1. The van der Waals surface area contributed by atoms with Gasteiger partial charge in [0.1, 0.15) is 0 Å². The van der Waals surface area contributed by atoms with E-state index in [0.29, 0.717) is 23.8 Å². The molecule has 0 aliphatic rings. The molecule has 3 aromatic carbocycles. The molecule has 5 nitrogen and oxygen atoms in total. The lowest BCUT2D eigenvalue weighted by Crippen LogP contribution is -2.42. The van der Waals surface area contributed by atoms with E-state index in [1.165, 1.54) is 0 Å². The molecule has 0 unspecified atom stereocenters. The summed E-state index contributed by atoms with van der Waals surface area (Å²) in [5.74, 6) is -0.201. The Hall–Kier alpha value is -3.90. The van der Waals surface area contributed by atoms with Gasteiger partial charge < -0.3 is 14.9 Å². The molecule has 0 atom stereocenters. The topological polar surface area (TPSA) is 63.9 Å². The first-order chi connectivity index (χ1) is 16.1. The van der Waals surface area contributed by atoms with Crippen LogP contribution in [0.2, 0.25) is 0 Å². The maximum atomic E-state index is 12.9. The number of nitrogens with zero attached hydrogens (tertiary/aromatic N) is 1. The quantitative estimate of drug-likeness (QED) is 0.301. The van der Waals surface area contributed by atoms with Crippen LogP contribution in [-0.2, 0) is 13.1 Å². The third-order valence-corrected chi connectivity index (χ3v) is 6.24. The number of hydrogen-bond donors (Lipinski definition) is 3. The van der Waals surface area contributed by atoms with E-state index in [-0.39, 0.29) is 5.91 Å². The molecule has 0 fully saturated rings. The van der Waals surface area contributed by atoms with Crippen molar-refractivity contribution >= 4 is 45.0 Å². The third kappa shape index (κ3) is 4.38. The fourth-order valence-electron chi connectivity index (χ4n) is 4.22. The Kier molecular flexibility index (Phi) is 5.67. The second-order valence-electron chi connectivity index (χ2n) is 8.20. The van der Waals surface area contributed by atoms with Gasteiger partial charge in [-0.2, -0.15) is 0 Å². The molecule has 33 heavy (non-hydrogen) atoms. The van der Waals surface area contributed by atoms with E-state index < -0.39 is 0 Å². The van der Waals surface area contributed by atoms with Crippen LogP contribution in [0.5, 0.6) is 0 Å². The lowest BCUT2D eigenvalue weighted by atomic mass is 10.1. The molecule has 2 heterocycles. The van der Waals surface area contributed by atoms with Gasteiger partial charge >= 0.3 is 0 Å². The maximum Gasteiger partial charge on any atom is 0.257 e. The Morgan fingerprint density at radius 2 is 1.42 bits per heavy atom. The summed E-state index contributed by atoms with van der Waals surface area (Å²) in [4.78, 5) is 21.5. The van der Waals surface area contributed by atoms with E-state index in [0.717, 1.165) is 38.5 Å². The Morgan fingerprint density at radius 3 is 2.00 bits per heavy atom. The highest BCUT2D eigenvalue weighted by Gasteiger charge is 2.17. The van der Waals surface area contributed by atoms with E-state index >= 15 is 0 Å². The van der Waals surface area contributed by atoms with Gasteiger partial charge in [0.2, 0.25) is 0 Å². The highest BCUT2D eigenvalue weighted by Crippen LogP contribution is 2.23. The first-order valence-corrected chi connectivity index (χ1v) is 11.3. The molecule has 1 amide bonds. The van der Waals surface area contributed by atoms with Crippen molar-refractivity contribution in [3.8, 4) is 0 Å². The molecule has 0 saturated heterocycles. The number of aryl methyl sites for hydroxylation is 1. The molecule has 0 aliphatic heterocycles. The summed E-state index contributed by atoms with van der Waals surface area (Å²) in [6.07, 6.45) is 3.88. The number of fused-ring (bicyclic) bond motifs is 2. The van der Waals surface area contributed by atoms with Crippen molar-refractivity contribution < 1.29 is 4.79 Å². The molecular weight excluding hydrogens is 428 g/mol. The van der Waals surface area contributed by atoms with Crippen LogP contribution in [0.25, 0.3) is 21.8 Å². The molecule has 0 saturated carbocycles. The van der Waals surface area contributed by atoms with Crippen LogP contribution < -0.4 is 5.32 Å². The zero-order chi connectivity index (χ0) is 22.8. The fourth-order valence-corrected chi connectivity index (χ4v) is 4.44. The number of rotatable bonds is 5. The van der Waals surface area contributed by atoms with E-state index in [2.05, 4.69) is 51.7 Å². The van der Waals surface area contributed by atoms with Crippen molar-refractivity contribution in [2.24, 2.45) is 0 Å². The zero-order valence-corrected chi connectivity index (χ0v) is 19.1. The fraction of sp³-hybridized carbons (Fsp3) is 0.111. The minimum Gasteiger partial charge on any atom is -0.361 e. The molecule has 164 valence electrons. The molecule has 0 aliphatic carbocycles. The average molecular weight is 453 g/mol. The van der Waals surface area contributed by atoms with Crippen LogP contribution >= 0.6 is 12.2 Å². The number of aromatic nitrogens is 2. The molecule has 6 heteroatoms. The van der Waals surface area contributed by atoms with E-state index in [9.17, 15) is 4.79 Å². The predicted octanol–water partition coefficient (Wildman–Crippen LogP) is 5.67. The van der Waals surface area contributed by atoms with Gasteiger partial charge in [-0.25, -0.2) is 0 Å². The lowest BCUT2D eigenvalue weighted by Gasteiger charge is -2.26. The van der Waals surface area contributed by atoms with Crippen LogP contribution in [-0.4, -0.2) is 25.9 Å². The molecule has 5 rings (SSSR count). The Bertz CT molecular complexity index is 1390. The lowest BCUT2D eigenvalue weighted by molar-refractivity contribution is 0.0972. The van der Waals surface area contributed by atoms with Gasteiger partial charge in [-0.1, -0.05) is 42.0 Å². The van der Waals surface area contributed by atoms with Crippen molar-refractivity contribution in [1.29, 1.82) is 0 Å². The summed E-state index contributed by atoms with van der Waals surface area (Å²) >= 11 is 5.77. The summed E-state index contributed by atoms with van der Waals surface area (Å²) in [5, 5.41) is 5.65. The van der Waals surface area contributed by atoms with Gasteiger partial charge in [-0.05, 0) is 66.7 Å². The highest BCUT2D eigenvalue weighted by atomic mass is 32.1. The van der Waals surface area contributed by atoms with Gasteiger partial charge in [-0.15, -0.1) is 0 Å². The number of carbonyl (C=O) groups is 1. The molecular formula is C27H24N4OS. The second-order valence-corrected chi connectivity index (χ2v) is 8.58. The minimum absolute atomic E-state index is 0.201. The number of carbonyl (C=O) groups excluding carboxylic acids is 1. The smallest absolute Gasteiger partial charge is 0.257 e. The molecule has 2 aromatic heterocycles. The SMILES string of the molecule is Cc1cccc(C(=O)NC(=S)N(Cc2cccc3[nH]ccc23)Cc2cccc3[nH]ccc23)c1. The van der Waals surface area contributed by atoms with Crippen molar-refractivity contribution in [2.75, 3.05) is 0 Å². The number of H-pyrrole nitrogens is 2. The van der Waals surface area contributed by atoms with E-state index in [4.69, 9.17) is 12.2 Å². The van der Waals surface area contributed by atoms with E-state index in [1.807, 2.05) is 54.5 Å². The van der Waals surface area contributed by atoms with Crippen LogP contribution in [0.1, 0.15) is 27.0 Å². The molecule has 5 aromatic rings. The van der Waals surface area contributed by atoms with Crippen molar-refractivity contribution in [1.82, 2.24) is 20.2 Å². The second kappa shape index (κ2) is 8.92. The number of nitrogens with one attached hydrogen (secondary N) is 3. The van der Waals surface area contributed by atoms with Gasteiger partial charge in [0, 0.05) is 52.9 Å². The maximum absolute atomic E-state index is 12.9. The minimum atomic E-state index is -0.201. The van der Waals surface area contributed by atoms with Gasteiger partial charge in [-0.3, -0.25) is 10.1 Å². The standard InChI is InChI=1S/C27H24N4OS/c1-18-5-2-6-19(15-18)26(32)30-27(33)31(16-20-7-3-9-24-22(20)11-13-28-24)17-21-8-4-10-25-23(21)12-14-29-25/h2-15,28-29H,16-17H2,1H3,(H,30,32,33). The third-order valence-electron chi connectivity index (χ3n) is 5.88. The van der Waals surface area contributed by atoms with Crippen LogP contribution in [0, 0.1) is 6.92 Å². The summed E-state index contributed by atoms with van der Waals surface area (Å²) < 4.78 is 0. The van der Waals surface area contributed by atoms with Gasteiger partial charge in [0.15, 0.2) is 5.11 Å².